The van der Waals surface area contributed by atoms with Gasteiger partial charge in [-0.1, -0.05) is 24.2 Å². The van der Waals surface area contributed by atoms with E-state index in [1.54, 1.807) is 0 Å². The molecule has 7 unspecified atom stereocenters. The topological polar surface area (TPSA) is 77.0 Å². The second kappa shape index (κ2) is 8.27. The van der Waals surface area contributed by atoms with Crippen LogP contribution >= 0.6 is 0 Å². The second-order valence-electron chi connectivity index (χ2n) is 11.3. The van der Waals surface area contributed by atoms with Gasteiger partial charge in [-0.15, -0.1) is 0 Å². The SMILES string of the molecule is C=C1CC2C3CCC(=O)C3(C)CCC2C2(COC(C)=O)CCC(=NOC3CCNC3)CC12. The first-order valence-electron chi connectivity index (χ1n) is 12.6. The first-order valence-corrected chi connectivity index (χ1v) is 12.6. The average molecular weight is 443 g/mol. The zero-order valence-corrected chi connectivity index (χ0v) is 19.7. The third-order valence-corrected chi connectivity index (χ3v) is 9.78. The number of Topliss-reactive ketones (excluding diaryl/α,β-unsaturated/α-hetero) is 1. The second-order valence-corrected chi connectivity index (χ2v) is 11.3. The number of esters is 1. The molecule has 1 saturated heterocycles. The first kappa shape index (κ1) is 22.1. The molecule has 1 N–H and O–H groups in total. The molecule has 5 aliphatic rings. The van der Waals surface area contributed by atoms with Gasteiger partial charge in [-0.05, 0) is 75.2 Å². The lowest BCUT2D eigenvalue weighted by molar-refractivity contribution is -0.157. The van der Waals surface area contributed by atoms with Crippen molar-refractivity contribution in [2.45, 2.75) is 77.7 Å². The lowest BCUT2D eigenvalue weighted by Crippen LogP contribution is -2.57. The van der Waals surface area contributed by atoms with Crippen LogP contribution in [0.4, 0.5) is 0 Å². The number of hydrogen-bond donors (Lipinski definition) is 1. The summed E-state index contributed by atoms with van der Waals surface area (Å²) < 4.78 is 5.75. The molecule has 1 heterocycles. The molecule has 0 aromatic heterocycles. The third-order valence-electron chi connectivity index (χ3n) is 9.78. The van der Waals surface area contributed by atoms with E-state index in [9.17, 15) is 9.59 Å². The van der Waals surface area contributed by atoms with Crippen LogP contribution < -0.4 is 5.32 Å². The van der Waals surface area contributed by atoms with Crippen molar-refractivity contribution in [2.75, 3.05) is 19.7 Å². The minimum Gasteiger partial charge on any atom is -0.465 e. The minimum atomic E-state index is -0.209. The molecule has 1 aliphatic heterocycles. The largest absolute Gasteiger partial charge is 0.465 e. The molecule has 0 aromatic carbocycles. The maximum atomic E-state index is 12.8. The quantitative estimate of drug-likeness (QED) is 0.404. The molecule has 5 rings (SSSR count). The van der Waals surface area contributed by atoms with E-state index in [1.165, 1.54) is 12.5 Å². The molecule has 7 atom stereocenters. The number of nitrogens with one attached hydrogen (secondary N) is 1. The highest BCUT2D eigenvalue weighted by Crippen LogP contribution is 2.66. The van der Waals surface area contributed by atoms with Crippen molar-refractivity contribution in [2.24, 2.45) is 39.7 Å². The molecule has 6 heteroatoms. The summed E-state index contributed by atoms with van der Waals surface area (Å²) >= 11 is 0. The molecule has 6 nitrogen and oxygen atoms in total. The Hall–Kier alpha value is -1.69. The van der Waals surface area contributed by atoms with Gasteiger partial charge in [0.15, 0.2) is 0 Å². The van der Waals surface area contributed by atoms with Gasteiger partial charge in [-0.3, -0.25) is 9.59 Å². The Labute approximate surface area is 191 Å². The maximum Gasteiger partial charge on any atom is 0.302 e. The first-order chi connectivity index (χ1) is 15.3. The predicted molar refractivity (Wildman–Crippen MR) is 122 cm³/mol. The normalized spacial score (nSPS) is 44.7. The fourth-order valence-electron chi connectivity index (χ4n) is 8.05. The third kappa shape index (κ3) is 3.53. The standard InChI is InChI=1S/C26H38N2O4/c1-16-12-20-21-4-5-24(30)25(21,3)9-7-22(20)26(15-31-17(2)29)10-6-18(13-23(16)26)28-32-19-8-11-27-14-19/h19-23,27H,1,4-15H2,2-3H3. The minimum absolute atomic E-state index is 0.0907. The summed E-state index contributed by atoms with van der Waals surface area (Å²) in [5.41, 5.74) is 2.13. The van der Waals surface area contributed by atoms with Crippen molar-refractivity contribution >= 4 is 17.5 Å². The highest BCUT2D eigenvalue weighted by Gasteiger charge is 2.62. The molecule has 0 spiro atoms. The van der Waals surface area contributed by atoms with Crippen LogP contribution in [0.1, 0.15) is 71.6 Å². The van der Waals surface area contributed by atoms with Crippen LogP contribution in [-0.2, 0) is 19.2 Å². The van der Waals surface area contributed by atoms with E-state index < -0.39 is 0 Å². The molecule has 4 aliphatic carbocycles. The Morgan fingerprint density at radius 2 is 2.03 bits per heavy atom. The summed E-state index contributed by atoms with van der Waals surface area (Å²) in [6, 6.07) is 0. The van der Waals surface area contributed by atoms with E-state index in [0.29, 0.717) is 30.1 Å². The number of ketones is 1. The number of carbonyl (C=O) groups excluding carboxylic acids is 2. The van der Waals surface area contributed by atoms with Crippen molar-refractivity contribution in [3.8, 4) is 0 Å². The van der Waals surface area contributed by atoms with E-state index in [0.717, 1.165) is 76.6 Å². The Morgan fingerprint density at radius 1 is 1.19 bits per heavy atom. The number of rotatable bonds is 4. The monoisotopic (exact) mass is 442 g/mol. The number of ether oxygens (including phenoxy) is 1. The number of carbonyl (C=O) groups is 2. The predicted octanol–water partition coefficient (Wildman–Crippen LogP) is 4.04. The van der Waals surface area contributed by atoms with Crippen LogP contribution in [0.3, 0.4) is 0 Å². The van der Waals surface area contributed by atoms with Crippen LogP contribution in [0, 0.1) is 34.5 Å². The smallest absolute Gasteiger partial charge is 0.302 e. The average Bonchev–Trinajstić information content (AvgIpc) is 3.39. The summed E-state index contributed by atoms with van der Waals surface area (Å²) in [7, 11) is 0. The zero-order chi connectivity index (χ0) is 22.5. The summed E-state index contributed by atoms with van der Waals surface area (Å²) in [6.45, 7) is 10.6. The molecule has 0 aromatic rings. The molecule has 4 saturated carbocycles. The number of fused-ring (bicyclic) bond motifs is 5. The number of nitrogens with zero attached hydrogens (tertiary/aromatic N) is 1. The van der Waals surface area contributed by atoms with Gasteiger partial charge in [-0.25, -0.2) is 0 Å². The fraction of sp³-hybridized carbons (Fsp3) is 0.808. The highest BCUT2D eigenvalue weighted by atomic mass is 16.6. The molecular weight excluding hydrogens is 404 g/mol. The molecule has 176 valence electrons. The van der Waals surface area contributed by atoms with Gasteiger partial charge >= 0.3 is 5.97 Å². The lowest BCUT2D eigenvalue weighted by Gasteiger charge is -2.60. The van der Waals surface area contributed by atoms with E-state index in [1.807, 2.05) is 0 Å². The van der Waals surface area contributed by atoms with Gasteiger partial charge in [0, 0.05) is 37.1 Å². The summed E-state index contributed by atoms with van der Waals surface area (Å²) in [6.07, 6.45) is 8.60. The number of oxime groups is 1. The number of allylic oxidation sites excluding steroid dienone is 1. The van der Waals surface area contributed by atoms with Gasteiger partial charge in [0.05, 0.1) is 12.3 Å². The van der Waals surface area contributed by atoms with Gasteiger partial charge in [0.1, 0.15) is 11.9 Å². The molecule has 32 heavy (non-hydrogen) atoms. The number of hydrogen-bond acceptors (Lipinski definition) is 6. The van der Waals surface area contributed by atoms with Crippen LogP contribution in [0.15, 0.2) is 17.3 Å². The summed E-state index contributed by atoms with van der Waals surface area (Å²) in [5, 5.41) is 7.90. The molecule has 0 bridgehead atoms. The molecule has 5 fully saturated rings. The van der Waals surface area contributed by atoms with Gasteiger partial charge in [0.25, 0.3) is 0 Å². The van der Waals surface area contributed by atoms with Crippen molar-refractivity contribution < 1.29 is 19.2 Å². The van der Waals surface area contributed by atoms with Crippen molar-refractivity contribution in [1.29, 1.82) is 0 Å². The van der Waals surface area contributed by atoms with Gasteiger partial charge in [-0.2, -0.15) is 0 Å². The maximum absolute atomic E-state index is 12.8. The van der Waals surface area contributed by atoms with Gasteiger partial charge < -0.3 is 14.9 Å². The van der Waals surface area contributed by atoms with Crippen LogP contribution in [-0.4, -0.2) is 43.3 Å². The Morgan fingerprint density at radius 3 is 2.78 bits per heavy atom. The lowest BCUT2D eigenvalue weighted by atomic mass is 9.44. The van der Waals surface area contributed by atoms with Crippen LogP contribution in [0.2, 0.25) is 0 Å². The van der Waals surface area contributed by atoms with E-state index >= 15 is 0 Å². The van der Waals surface area contributed by atoms with Gasteiger partial charge in [0.2, 0.25) is 0 Å². The zero-order valence-electron chi connectivity index (χ0n) is 19.7. The molecule has 0 amide bonds. The fourth-order valence-corrected chi connectivity index (χ4v) is 8.05. The molecule has 0 radical (unpaired) electrons. The Bertz CT molecular complexity index is 832. The highest BCUT2D eigenvalue weighted by molar-refractivity contribution is 5.87. The Kier molecular flexibility index (Phi) is 5.71. The Balaban J connectivity index is 1.42. The van der Waals surface area contributed by atoms with E-state index in [2.05, 4.69) is 24.0 Å². The molecular formula is C26H38N2O4. The van der Waals surface area contributed by atoms with E-state index in [-0.39, 0.29) is 28.8 Å². The van der Waals surface area contributed by atoms with Crippen molar-refractivity contribution in [1.82, 2.24) is 5.32 Å². The van der Waals surface area contributed by atoms with Crippen LogP contribution in [0.25, 0.3) is 0 Å². The van der Waals surface area contributed by atoms with Crippen molar-refractivity contribution in [3.63, 3.8) is 0 Å². The van der Waals surface area contributed by atoms with E-state index in [4.69, 9.17) is 9.57 Å². The summed E-state index contributed by atoms with van der Waals surface area (Å²) in [4.78, 5) is 30.5. The van der Waals surface area contributed by atoms with Crippen LogP contribution in [0.5, 0.6) is 0 Å². The summed E-state index contributed by atoms with van der Waals surface area (Å²) in [5.74, 6) is 1.90. The van der Waals surface area contributed by atoms with Crippen molar-refractivity contribution in [3.05, 3.63) is 12.2 Å².